The fraction of sp³-hybridized carbons (Fsp3) is 0.500. The second-order valence-electron chi connectivity index (χ2n) is 6.98. The third kappa shape index (κ3) is 7.75. The van der Waals surface area contributed by atoms with Crippen LogP contribution in [0.5, 0.6) is 0 Å². The van der Waals surface area contributed by atoms with Gasteiger partial charge in [0.25, 0.3) is 0 Å². The number of methoxy groups -OCH3 is 1. The van der Waals surface area contributed by atoms with E-state index in [1.165, 1.54) is 16.1 Å². The van der Waals surface area contributed by atoms with Crippen molar-refractivity contribution in [3.8, 4) is 0 Å². The van der Waals surface area contributed by atoms with E-state index >= 15 is 0 Å². The number of thiazole rings is 1. The zero-order valence-corrected chi connectivity index (χ0v) is 17.2. The van der Waals surface area contributed by atoms with E-state index in [0.717, 1.165) is 32.5 Å². The van der Waals surface area contributed by atoms with Gasteiger partial charge in [0, 0.05) is 37.7 Å². The Morgan fingerprint density at radius 3 is 2.69 bits per heavy atom. The first-order valence-electron chi connectivity index (χ1n) is 9.18. The molecule has 0 aliphatic carbocycles. The lowest BCUT2D eigenvalue weighted by atomic mass is 9.88. The minimum absolute atomic E-state index is 0.369. The van der Waals surface area contributed by atoms with Gasteiger partial charge in [-0.05, 0) is 25.3 Å². The average molecular weight is 430 g/mol. The van der Waals surface area contributed by atoms with Crippen LogP contribution in [0.2, 0.25) is 0 Å². The predicted octanol–water partition coefficient (Wildman–Crippen LogP) is 4.16. The number of aromatic nitrogens is 1. The summed E-state index contributed by atoms with van der Waals surface area (Å²) in [4.78, 5) is 15.8. The number of ether oxygens (including phenoxy) is 1. The lowest BCUT2D eigenvalue weighted by molar-refractivity contribution is -0.192. The average Bonchev–Trinajstić information content (AvgIpc) is 3.15. The van der Waals surface area contributed by atoms with E-state index in [-0.39, 0.29) is 0 Å². The Kier molecular flexibility index (Phi) is 8.60. The summed E-state index contributed by atoms with van der Waals surface area (Å²) >= 11 is 1.75. The molecule has 0 saturated carbocycles. The predicted molar refractivity (Wildman–Crippen MR) is 105 cm³/mol. The van der Waals surface area contributed by atoms with Crippen molar-refractivity contribution in [2.75, 3.05) is 20.2 Å². The largest absolute Gasteiger partial charge is 0.490 e. The van der Waals surface area contributed by atoms with Gasteiger partial charge >= 0.3 is 12.1 Å². The Morgan fingerprint density at radius 1 is 1.41 bits per heavy atom. The maximum atomic E-state index is 10.6. The summed E-state index contributed by atoms with van der Waals surface area (Å²) < 4.78 is 37.5. The van der Waals surface area contributed by atoms with Crippen LogP contribution in [0.25, 0.3) is 0 Å². The van der Waals surface area contributed by atoms with Crippen LogP contribution in [-0.4, -0.2) is 53.4 Å². The highest BCUT2D eigenvalue weighted by atomic mass is 32.1. The molecule has 1 aromatic heterocycles. The number of likely N-dealkylation sites (tertiary alicyclic amines) is 1. The second-order valence-corrected chi connectivity index (χ2v) is 7.96. The molecule has 1 fully saturated rings. The van der Waals surface area contributed by atoms with Crippen molar-refractivity contribution >= 4 is 17.3 Å². The Labute approximate surface area is 172 Å². The number of hydrogen-bond donors (Lipinski definition) is 1. The first-order chi connectivity index (χ1) is 13.7. The minimum atomic E-state index is -5.08. The van der Waals surface area contributed by atoms with Gasteiger partial charge in [-0.25, -0.2) is 9.78 Å². The number of aliphatic carboxylic acids is 1. The Morgan fingerprint density at radius 2 is 2.14 bits per heavy atom. The fourth-order valence-corrected chi connectivity index (χ4v) is 4.06. The maximum absolute atomic E-state index is 10.6. The number of halogens is 3. The SMILES string of the molecule is CO[C@@H]1CCN(Cc2nccs2)C[C@@H]1Cc1cccc(C)c1.O=C(O)C(F)(F)F. The molecule has 0 unspecified atom stereocenters. The minimum Gasteiger partial charge on any atom is -0.475 e. The summed E-state index contributed by atoms with van der Waals surface area (Å²) in [6, 6.07) is 8.85. The van der Waals surface area contributed by atoms with Gasteiger partial charge in [-0.1, -0.05) is 29.8 Å². The lowest BCUT2D eigenvalue weighted by Crippen LogP contribution is -2.44. The van der Waals surface area contributed by atoms with Crippen LogP contribution < -0.4 is 0 Å². The van der Waals surface area contributed by atoms with E-state index in [0.29, 0.717) is 12.0 Å². The molecule has 0 amide bonds. The highest BCUT2D eigenvalue weighted by molar-refractivity contribution is 7.09. The zero-order chi connectivity index (χ0) is 21.4. The standard InChI is InChI=1S/C18H24N2OS.C2HF3O2/c1-14-4-3-5-15(10-14)11-16-12-20(8-6-17(16)21-2)13-18-19-7-9-22-18;3-2(4,5)1(6)7/h3-5,7,9-10,16-17H,6,8,11-13H2,1-2H3;(H,6,7)/t16-,17+;/m0./s1. The van der Waals surface area contributed by atoms with Crippen molar-refractivity contribution in [2.24, 2.45) is 5.92 Å². The van der Waals surface area contributed by atoms with E-state index in [4.69, 9.17) is 14.6 Å². The van der Waals surface area contributed by atoms with E-state index < -0.39 is 12.1 Å². The molecule has 1 aliphatic rings. The lowest BCUT2D eigenvalue weighted by Gasteiger charge is -2.37. The molecule has 0 spiro atoms. The van der Waals surface area contributed by atoms with Gasteiger partial charge in [-0.3, -0.25) is 4.90 Å². The van der Waals surface area contributed by atoms with Crippen LogP contribution >= 0.6 is 11.3 Å². The molecule has 1 saturated heterocycles. The molecular formula is C20H25F3N2O3S. The monoisotopic (exact) mass is 430 g/mol. The van der Waals surface area contributed by atoms with Gasteiger partial charge in [0.05, 0.1) is 12.6 Å². The summed E-state index contributed by atoms with van der Waals surface area (Å²) in [6.07, 6.45) is -0.618. The Balaban J connectivity index is 0.000000370. The number of carboxylic acids is 1. The van der Waals surface area contributed by atoms with Crippen molar-refractivity contribution in [1.82, 2.24) is 9.88 Å². The van der Waals surface area contributed by atoms with E-state index in [1.54, 1.807) is 11.3 Å². The van der Waals surface area contributed by atoms with Gasteiger partial charge in [-0.2, -0.15) is 13.2 Å². The molecule has 9 heteroatoms. The summed E-state index contributed by atoms with van der Waals surface area (Å²) in [5, 5.41) is 10.4. The van der Waals surface area contributed by atoms with Crippen LogP contribution in [0.3, 0.4) is 0 Å². The quantitative estimate of drug-likeness (QED) is 0.772. The number of benzene rings is 1. The zero-order valence-electron chi connectivity index (χ0n) is 16.4. The Bertz CT molecular complexity index is 769. The van der Waals surface area contributed by atoms with Crippen molar-refractivity contribution in [3.63, 3.8) is 0 Å². The van der Waals surface area contributed by atoms with Crippen molar-refractivity contribution in [3.05, 3.63) is 52.0 Å². The number of rotatable bonds is 5. The van der Waals surface area contributed by atoms with Crippen LogP contribution in [0, 0.1) is 12.8 Å². The molecule has 160 valence electrons. The van der Waals surface area contributed by atoms with Gasteiger partial charge in [-0.15, -0.1) is 11.3 Å². The van der Waals surface area contributed by atoms with Crippen LogP contribution in [0.15, 0.2) is 35.8 Å². The third-order valence-corrected chi connectivity index (χ3v) is 5.48. The van der Waals surface area contributed by atoms with Gasteiger partial charge in [0.2, 0.25) is 0 Å². The van der Waals surface area contributed by atoms with Gasteiger partial charge < -0.3 is 9.84 Å². The topological polar surface area (TPSA) is 62.7 Å². The molecule has 29 heavy (non-hydrogen) atoms. The van der Waals surface area contributed by atoms with Crippen molar-refractivity contribution in [2.45, 2.75) is 38.6 Å². The first-order valence-corrected chi connectivity index (χ1v) is 10.1. The van der Waals surface area contributed by atoms with Gasteiger partial charge in [0.1, 0.15) is 5.01 Å². The smallest absolute Gasteiger partial charge is 0.475 e. The number of aryl methyl sites for hydroxylation is 1. The molecule has 1 N–H and O–H groups in total. The number of carboxylic acid groups (broad SMARTS) is 1. The molecular weight excluding hydrogens is 405 g/mol. The van der Waals surface area contributed by atoms with E-state index in [9.17, 15) is 13.2 Å². The number of alkyl halides is 3. The number of nitrogens with zero attached hydrogens (tertiary/aromatic N) is 2. The van der Waals surface area contributed by atoms with Crippen LogP contribution in [0.1, 0.15) is 22.6 Å². The molecule has 2 heterocycles. The van der Waals surface area contributed by atoms with Crippen LogP contribution in [-0.2, 0) is 22.5 Å². The summed E-state index contributed by atoms with van der Waals surface area (Å²) in [5.41, 5.74) is 2.75. The van der Waals surface area contributed by atoms with Crippen LogP contribution in [0.4, 0.5) is 13.2 Å². The molecule has 3 rings (SSSR count). The Hall–Kier alpha value is -1.97. The highest BCUT2D eigenvalue weighted by Crippen LogP contribution is 2.25. The number of piperidine rings is 1. The summed E-state index contributed by atoms with van der Waals surface area (Å²) in [5.74, 6) is -2.20. The normalized spacial score (nSPS) is 20.0. The molecule has 2 aromatic rings. The summed E-state index contributed by atoms with van der Waals surface area (Å²) in [6.45, 7) is 5.32. The van der Waals surface area contributed by atoms with Crippen molar-refractivity contribution in [1.29, 1.82) is 0 Å². The molecule has 1 aromatic carbocycles. The van der Waals surface area contributed by atoms with E-state index in [1.807, 2.05) is 13.3 Å². The fourth-order valence-electron chi connectivity index (χ4n) is 3.40. The molecule has 0 bridgehead atoms. The molecule has 0 radical (unpaired) electrons. The number of carbonyl (C=O) groups is 1. The third-order valence-electron chi connectivity index (χ3n) is 4.72. The van der Waals surface area contributed by atoms with Crippen molar-refractivity contribution < 1.29 is 27.8 Å². The molecule has 1 aliphatic heterocycles. The first kappa shape index (κ1) is 23.3. The highest BCUT2D eigenvalue weighted by Gasteiger charge is 2.38. The number of hydrogen-bond acceptors (Lipinski definition) is 5. The molecule has 5 nitrogen and oxygen atoms in total. The molecule has 2 atom stereocenters. The van der Waals surface area contributed by atoms with Gasteiger partial charge in [0.15, 0.2) is 0 Å². The maximum Gasteiger partial charge on any atom is 0.490 e. The summed E-state index contributed by atoms with van der Waals surface area (Å²) in [7, 11) is 1.85. The van der Waals surface area contributed by atoms with E-state index in [2.05, 4.69) is 46.5 Å². The second kappa shape index (κ2) is 10.7.